The minimum atomic E-state index is -0.245. The van der Waals surface area contributed by atoms with Gasteiger partial charge in [0, 0.05) is 35.3 Å². The second kappa shape index (κ2) is 6.98. The molecule has 1 atom stereocenters. The highest BCUT2D eigenvalue weighted by Crippen LogP contribution is 2.30. The molecule has 0 amide bonds. The number of para-hydroxylation sites is 1. The summed E-state index contributed by atoms with van der Waals surface area (Å²) >= 11 is 0. The number of rotatable bonds is 5. The van der Waals surface area contributed by atoms with Gasteiger partial charge >= 0.3 is 5.97 Å². The van der Waals surface area contributed by atoms with Gasteiger partial charge in [0.2, 0.25) is 0 Å². The lowest BCUT2D eigenvalue weighted by Crippen LogP contribution is -2.31. The van der Waals surface area contributed by atoms with E-state index >= 15 is 0 Å². The Morgan fingerprint density at radius 1 is 1.39 bits per heavy atom. The molecule has 1 aromatic heterocycles. The predicted molar refractivity (Wildman–Crippen MR) is 89.2 cm³/mol. The summed E-state index contributed by atoms with van der Waals surface area (Å²) in [5.74, 6) is -0.245. The third kappa shape index (κ3) is 3.16. The standard InChI is InChI=1S/C18H22N2O3/c1-2-23-18(22)12-7-8-16(19-11-12)17-14(9-10-21)13-5-3-4-6-15(13)20-17/h3-7,16,19-21H,2,8-11H2,1H3. The number of carbonyl (C=O) groups is 1. The van der Waals surface area contributed by atoms with Crippen LogP contribution in [0.5, 0.6) is 0 Å². The Morgan fingerprint density at radius 2 is 2.22 bits per heavy atom. The predicted octanol–water partition coefficient (Wildman–Crippen LogP) is 2.23. The molecule has 3 N–H and O–H groups in total. The highest BCUT2D eigenvalue weighted by molar-refractivity contribution is 5.89. The molecule has 5 nitrogen and oxygen atoms in total. The summed E-state index contributed by atoms with van der Waals surface area (Å²) in [5, 5.41) is 13.9. The zero-order valence-electron chi connectivity index (χ0n) is 13.3. The van der Waals surface area contributed by atoms with Gasteiger partial charge in [0.25, 0.3) is 0 Å². The number of aliphatic hydroxyl groups is 1. The van der Waals surface area contributed by atoms with Crippen LogP contribution in [0.25, 0.3) is 10.9 Å². The number of aromatic nitrogens is 1. The van der Waals surface area contributed by atoms with Gasteiger partial charge in [-0.25, -0.2) is 4.79 Å². The van der Waals surface area contributed by atoms with Crippen LogP contribution < -0.4 is 5.32 Å². The maximum atomic E-state index is 11.8. The molecule has 0 spiro atoms. The molecule has 122 valence electrons. The van der Waals surface area contributed by atoms with Crippen molar-refractivity contribution < 1.29 is 14.6 Å². The molecule has 0 bridgehead atoms. The monoisotopic (exact) mass is 314 g/mol. The fraction of sp³-hybridized carbons (Fsp3) is 0.389. The van der Waals surface area contributed by atoms with Crippen molar-refractivity contribution in [3.05, 3.63) is 47.2 Å². The molecule has 0 saturated carbocycles. The maximum Gasteiger partial charge on any atom is 0.334 e. The summed E-state index contributed by atoms with van der Waals surface area (Å²) in [7, 11) is 0. The Kier molecular flexibility index (Phi) is 4.79. The van der Waals surface area contributed by atoms with E-state index in [1.807, 2.05) is 31.2 Å². The quantitative estimate of drug-likeness (QED) is 0.740. The van der Waals surface area contributed by atoms with Crippen molar-refractivity contribution in [3.8, 4) is 0 Å². The number of aromatic amines is 1. The van der Waals surface area contributed by atoms with Crippen LogP contribution in [0.2, 0.25) is 0 Å². The van der Waals surface area contributed by atoms with Crippen LogP contribution in [-0.4, -0.2) is 35.8 Å². The summed E-state index contributed by atoms with van der Waals surface area (Å²) in [5.41, 5.74) is 4.00. The van der Waals surface area contributed by atoms with E-state index in [2.05, 4.69) is 16.4 Å². The van der Waals surface area contributed by atoms with Crippen molar-refractivity contribution in [2.24, 2.45) is 0 Å². The van der Waals surface area contributed by atoms with Crippen molar-refractivity contribution in [3.63, 3.8) is 0 Å². The Balaban J connectivity index is 1.87. The topological polar surface area (TPSA) is 74.4 Å². The van der Waals surface area contributed by atoms with Crippen molar-refractivity contribution >= 4 is 16.9 Å². The molecule has 1 aromatic carbocycles. The third-order valence-electron chi connectivity index (χ3n) is 4.23. The van der Waals surface area contributed by atoms with Gasteiger partial charge in [0.15, 0.2) is 0 Å². The highest BCUT2D eigenvalue weighted by atomic mass is 16.5. The summed E-state index contributed by atoms with van der Waals surface area (Å²) in [6, 6.07) is 8.24. The van der Waals surface area contributed by atoms with Gasteiger partial charge in [-0.1, -0.05) is 24.3 Å². The minimum absolute atomic E-state index is 0.113. The second-order valence-electron chi connectivity index (χ2n) is 5.66. The maximum absolute atomic E-state index is 11.8. The lowest BCUT2D eigenvalue weighted by molar-refractivity contribution is -0.138. The van der Waals surface area contributed by atoms with Gasteiger partial charge in [-0.05, 0) is 31.4 Å². The van der Waals surface area contributed by atoms with Gasteiger partial charge in [-0.2, -0.15) is 0 Å². The molecule has 0 radical (unpaired) electrons. The average molecular weight is 314 g/mol. The third-order valence-corrected chi connectivity index (χ3v) is 4.23. The fourth-order valence-corrected chi connectivity index (χ4v) is 3.15. The van der Waals surface area contributed by atoms with Crippen molar-refractivity contribution in [2.75, 3.05) is 19.8 Å². The van der Waals surface area contributed by atoms with Crippen LogP contribution >= 0.6 is 0 Å². The molecule has 1 aliphatic heterocycles. The van der Waals surface area contributed by atoms with E-state index in [9.17, 15) is 9.90 Å². The number of fused-ring (bicyclic) bond motifs is 1. The number of benzene rings is 1. The Labute approximate surface area is 135 Å². The summed E-state index contributed by atoms with van der Waals surface area (Å²) in [4.78, 5) is 15.2. The van der Waals surface area contributed by atoms with Gasteiger partial charge in [-0.3, -0.25) is 0 Å². The molecule has 0 saturated heterocycles. The molecule has 5 heteroatoms. The highest BCUT2D eigenvalue weighted by Gasteiger charge is 2.24. The number of carbonyl (C=O) groups excluding carboxylic acids is 1. The molecule has 1 aliphatic rings. The van der Waals surface area contributed by atoms with Crippen LogP contribution in [0.1, 0.15) is 30.6 Å². The van der Waals surface area contributed by atoms with Crippen LogP contribution in [-0.2, 0) is 16.0 Å². The molecule has 2 aromatic rings. The number of nitrogens with one attached hydrogen (secondary N) is 2. The molecule has 23 heavy (non-hydrogen) atoms. The normalized spacial score (nSPS) is 18.0. The summed E-state index contributed by atoms with van der Waals surface area (Å²) < 4.78 is 5.04. The van der Waals surface area contributed by atoms with Crippen LogP contribution in [0.4, 0.5) is 0 Å². The van der Waals surface area contributed by atoms with E-state index in [1.54, 1.807) is 0 Å². The SMILES string of the molecule is CCOC(=O)C1=CCC(c2[nH]c3ccccc3c2CCO)NC1. The smallest absolute Gasteiger partial charge is 0.334 e. The van der Waals surface area contributed by atoms with Crippen LogP contribution in [0, 0.1) is 0 Å². The first kappa shape index (κ1) is 15.8. The first-order valence-electron chi connectivity index (χ1n) is 8.04. The lowest BCUT2D eigenvalue weighted by atomic mass is 9.98. The van der Waals surface area contributed by atoms with E-state index in [0.717, 1.165) is 28.6 Å². The van der Waals surface area contributed by atoms with E-state index in [0.29, 0.717) is 25.1 Å². The number of esters is 1. The first-order chi connectivity index (χ1) is 11.2. The summed E-state index contributed by atoms with van der Waals surface area (Å²) in [6.45, 7) is 2.81. The van der Waals surface area contributed by atoms with E-state index in [-0.39, 0.29) is 18.6 Å². The molecule has 2 heterocycles. The largest absolute Gasteiger partial charge is 0.463 e. The average Bonchev–Trinajstić information content (AvgIpc) is 2.94. The minimum Gasteiger partial charge on any atom is -0.463 e. The zero-order valence-corrected chi connectivity index (χ0v) is 13.3. The number of hydrogen-bond acceptors (Lipinski definition) is 4. The van der Waals surface area contributed by atoms with Crippen molar-refractivity contribution in [1.29, 1.82) is 0 Å². The van der Waals surface area contributed by atoms with E-state index in [1.165, 1.54) is 0 Å². The van der Waals surface area contributed by atoms with Crippen LogP contribution in [0.15, 0.2) is 35.9 Å². The van der Waals surface area contributed by atoms with Crippen molar-refractivity contribution in [1.82, 2.24) is 10.3 Å². The molecule has 3 rings (SSSR count). The number of aliphatic hydroxyl groups excluding tert-OH is 1. The van der Waals surface area contributed by atoms with E-state index in [4.69, 9.17) is 4.74 Å². The molecule has 0 fully saturated rings. The number of ether oxygens (including phenoxy) is 1. The van der Waals surface area contributed by atoms with E-state index < -0.39 is 0 Å². The Hall–Kier alpha value is -2.11. The zero-order chi connectivity index (χ0) is 16.2. The molecular weight excluding hydrogens is 292 g/mol. The summed E-state index contributed by atoms with van der Waals surface area (Å²) in [6.07, 6.45) is 3.29. The van der Waals surface area contributed by atoms with Crippen LogP contribution in [0.3, 0.4) is 0 Å². The Morgan fingerprint density at radius 3 is 2.91 bits per heavy atom. The van der Waals surface area contributed by atoms with Gasteiger partial charge in [0.05, 0.1) is 12.6 Å². The van der Waals surface area contributed by atoms with Gasteiger partial charge < -0.3 is 20.1 Å². The van der Waals surface area contributed by atoms with Gasteiger partial charge in [0.1, 0.15) is 0 Å². The Bertz CT molecular complexity index is 733. The molecule has 1 unspecified atom stereocenters. The lowest BCUT2D eigenvalue weighted by Gasteiger charge is -2.23. The van der Waals surface area contributed by atoms with Gasteiger partial charge in [-0.15, -0.1) is 0 Å². The number of H-pyrrole nitrogens is 1. The molecular formula is C18H22N2O3. The second-order valence-corrected chi connectivity index (χ2v) is 5.66. The van der Waals surface area contributed by atoms with Crippen molar-refractivity contribution in [2.45, 2.75) is 25.8 Å². The fourth-order valence-electron chi connectivity index (χ4n) is 3.15. The number of hydrogen-bond donors (Lipinski definition) is 3. The molecule has 0 aliphatic carbocycles. The first-order valence-corrected chi connectivity index (χ1v) is 8.04.